The summed E-state index contributed by atoms with van der Waals surface area (Å²) in [5.74, 6) is 1.24. The number of nitrogens with zero attached hydrogens (tertiary/aromatic N) is 3. The van der Waals surface area contributed by atoms with Crippen LogP contribution in [0.3, 0.4) is 0 Å². The molecule has 5 nitrogen and oxygen atoms in total. The summed E-state index contributed by atoms with van der Waals surface area (Å²) in [6.07, 6.45) is 1.08. The molecular formula is C15H28N4O. The van der Waals surface area contributed by atoms with Gasteiger partial charge in [0.25, 0.3) is 0 Å². The van der Waals surface area contributed by atoms with Gasteiger partial charge in [-0.1, -0.05) is 0 Å². The lowest BCUT2D eigenvalue weighted by Crippen LogP contribution is -2.36. The van der Waals surface area contributed by atoms with Crippen LogP contribution in [0.25, 0.3) is 0 Å². The molecule has 2 rings (SSSR count). The zero-order valence-electron chi connectivity index (χ0n) is 13.5. The largest absolute Gasteiger partial charge is 0.380 e. The first-order valence-corrected chi connectivity index (χ1v) is 7.48. The van der Waals surface area contributed by atoms with Gasteiger partial charge >= 0.3 is 0 Å². The fraction of sp³-hybridized carbons (Fsp3) is 0.800. The summed E-state index contributed by atoms with van der Waals surface area (Å²) >= 11 is 0. The molecule has 0 spiro atoms. The number of rotatable bonds is 3. The van der Waals surface area contributed by atoms with E-state index in [0.29, 0.717) is 0 Å². The zero-order valence-corrected chi connectivity index (χ0v) is 13.5. The maximum absolute atomic E-state index is 5.56. The molecule has 1 aromatic heterocycles. The summed E-state index contributed by atoms with van der Waals surface area (Å²) in [4.78, 5) is 2.41. The van der Waals surface area contributed by atoms with Gasteiger partial charge in [-0.3, -0.25) is 4.68 Å². The Kier molecular flexibility index (Phi) is 4.70. The minimum Gasteiger partial charge on any atom is -0.380 e. The van der Waals surface area contributed by atoms with Crippen LogP contribution in [0.2, 0.25) is 0 Å². The molecular weight excluding hydrogens is 252 g/mol. The smallest absolute Gasteiger partial charge is 0.131 e. The van der Waals surface area contributed by atoms with E-state index in [2.05, 4.69) is 43.0 Å². The molecule has 1 aromatic rings. The normalized spacial score (nSPS) is 17.4. The highest BCUT2D eigenvalue weighted by atomic mass is 16.5. The van der Waals surface area contributed by atoms with E-state index in [1.807, 2.05) is 11.7 Å². The highest BCUT2D eigenvalue weighted by molar-refractivity contribution is 5.50. The van der Waals surface area contributed by atoms with Crippen LogP contribution in [-0.2, 0) is 18.3 Å². The van der Waals surface area contributed by atoms with Crippen LogP contribution < -0.4 is 10.2 Å². The van der Waals surface area contributed by atoms with Crippen molar-refractivity contribution in [2.24, 2.45) is 7.05 Å². The summed E-state index contributed by atoms with van der Waals surface area (Å²) in [6, 6.07) is 0. The van der Waals surface area contributed by atoms with Crippen LogP contribution in [0, 0.1) is 6.92 Å². The van der Waals surface area contributed by atoms with Crippen molar-refractivity contribution in [1.29, 1.82) is 0 Å². The van der Waals surface area contributed by atoms with Gasteiger partial charge in [-0.15, -0.1) is 0 Å². The molecule has 0 unspecified atom stereocenters. The molecule has 1 aliphatic rings. The third kappa shape index (κ3) is 3.73. The molecule has 2 heterocycles. The quantitative estimate of drug-likeness (QED) is 0.917. The lowest BCUT2D eigenvalue weighted by molar-refractivity contribution is 0.152. The SMILES string of the molecule is Cc1nn(C)c(N2CCCOCC2)c1CNC(C)(C)C. The summed E-state index contributed by atoms with van der Waals surface area (Å²) < 4.78 is 7.57. The minimum absolute atomic E-state index is 0.113. The van der Waals surface area contributed by atoms with Crippen LogP contribution in [0.4, 0.5) is 5.82 Å². The van der Waals surface area contributed by atoms with Gasteiger partial charge in [-0.05, 0) is 34.1 Å². The Hall–Kier alpha value is -1.07. The Balaban J connectivity index is 2.22. The third-order valence-electron chi connectivity index (χ3n) is 3.63. The number of anilines is 1. The van der Waals surface area contributed by atoms with Crippen molar-refractivity contribution in [3.05, 3.63) is 11.3 Å². The van der Waals surface area contributed by atoms with E-state index >= 15 is 0 Å². The van der Waals surface area contributed by atoms with Gasteiger partial charge in [-0.2, -0.15) is 5.10 Å². The molecule has 0 bridgehead atoms. The molecule has 1 fully saturated rings. The Labute approximate surface area is 122 Å². The predicted molar refractivity (Wildman–Crippen MR) is 82.2 cm³/mol. The lowest BCUT2D eigenvalue weighted by Gasteiger charge is -2.25. The second-order valence-electron chi connectivity index (χ2n) is 6.57. The Morgan fingerprint density at radius 2 is 2.00 bits per heavy atom. The van der Waals surface area contributed by atoms with Crippen LogP contribution in [0.15, 0.2) is 0 Å². The molecule has 114 valence electrons. The van der Waals surface area contributed by atoms with E-state index in [-0.39, 0.29) is 5.54 Å². The molecule has 0 radical (unpaired) electrons. The second kappa shape index (κ2) is 6.14. The number of ether oxygens (including phenoxy) is 1. The van der Waals surface area contributed by atoms with E-state index in [4.69, 9.17) is 4.74 Å². The van der Waals surface area contributed by atoms with E-state index in [1.54, 1.807) is 0 Å². The number of nitrogens with one attached hydrogen (secondary N) is 1. The highest BCUT2D eigenvalue weighted by Gasteiger charge is 2.21. The molecule has 0 aromatic carbocycles. The Morgan fingerprint density at radius 1 is 1.25 bits per heavy atom. The zero-order chi connectivity index (χ0) is 14.8. The summed E-state index contributed by atoms with van der Waals surface area (Å²) in [6.45, 7) is 13.2. The predicted octanol–water partition coefficient (Wildman–Crippen LogP) is 1.84. The van der Waals surface area contributed by atoms with Crippen molar-refractivity contribution in [1.82, 2.24) is 15.1 Å². The molecule has 0 aliphatic carbocycles. The Morgan fingerprint density at radius 3 is 2.70 bits per heavy atom. The van der Waals surface area contributed by atoms with Gasteiger partial charge in [0.05, 0.1) is 12.3 Å². The van der Waals surface area contributed by atoms with Crippen molar-refractivity contribution in [3.8, 4) is 0 Å². The second-order valence-corrected chi connectivity index (χ2v) is 6.57. The van der Waals surface area contributed by atoms with Gasteiger partial charge in [0.15, 0.2) is 0 Å². The number of hydrogen-bond donors (Lipinski definition) is 1. The summed E-state index contributed by atoms with van der Waals surface area (Å²) in [5, 5.41) is 8.19. The third-order valence-corrected chi connectivity index (χ3v) is 3.63. The van der Waals surface area contributed by atoms with Crippen LogP contribution in [-0.4, -0.2) is 41.6 Å². The van der Waals surface area contributed by atoms with Crippen LogP contribution in [0.5, 0.6) is 0 Å². The Bertz CT molecular complexity index is 439. The highest BCUT2D eigenvalue weighted by Crippen LogP contribution is 2.24. The average Bonchev–Trinajstić information content (AvgIpc) is 2.56. The van der Waals surface area contributed by atoms with E-state index in [0.717, 1.165) is 45.0 Å². The van der Waals surface area contributed by atoms with E-state index < -0.39 is 0 Å². The van der Waals surface area contributed by atoms with Gasteiger partial charge in [0.2, 0.25) is 0 Å². The van der Waals surface area contributed by atoms with Crippen molar-refractivity contribution >= 4 is 5.82 Å². The van der Waals surface area contributed by atoms with Crippen LogP contribution >= 0.6 is 0 Å². The van der Waals surface area contributed by atoms with E-state index in [1.165, 1.54) is 11.4 Å². The molecule has 1 saturated heterocycles. The monoisotopic (exact) mass is 280 g/mol. The molecule has 0 amide bonds. The number of aryl methyl sites for hydroxylation is 2. The summed E-state index contributed by atoms with van der Waals surface area (Å²) in [5.41, 5.74) is 2.54. The van der Waals surface area contributed by atoms with Gasteiger partial charge < -0.3 is 15.0 Å². The fourth-order valence-corrected chi connectivity index (χ4v) is 2.60. The molecule has 1 N–H and O–H groups in total. The lowest BCUT2D eigenvalue weighted by atomic mass is 10.1. The average molecular weight is 280 g/mol. The minimum atomic E-state index is 0.113. The fourth-order valence-electron chi connectivity index (χ4n) is 2.60. The molecule has 0 saturated carbocycles. The first kappa shape index (κ1) is 15.3. The van der Waals surface area contributed by atoms with Crippen LogP contribution in [0.1, 0.15) is 38.4 Å². The van der Waals surface area contributed by atoms with Gasteiger partial charge in [-0.25, -0.2) is 0 Å². The van der Waals surface area contributed by atoms with E-state index in [9.17, 15) is 0 Å². The topological polar surface area (TPSA) is 42.3 Å². The maximum atomic E-state index is 5.56. The summed E-state index contributed by atoms with van der Waals surface area (Å²) in [7, 11) is 2.04. The van der Waals surface area contributed by atoms with Crippen molar-refractivity contribution < 1.29 is 4.74 Å². The molecule has 0 atom stereocenters. The number of aromatic nitrogens is 2. The number of hydrogen-bond acceptors (Lipinski definition) is 4. The van der Waals surface area contributed by atoms with Gasteiger partial charge in [0.1, 0.15) is 5.82 Å². The first-order chi connectivity index (χ1) is 9.38. The van der Waals surface area contributed by atoms with Crippen molar-refractivity contribution in [2.75, 3.05) is 31.2 Å². The van der Waals surface area contributed by atoms with Crippen molar-refractivity contribution in [3.63, 3.8) is 0 Å². The van der Waals surface area contributed by atoms with Gasteiger partial charge in [0, 0.05) is 44.4 Å². The molecule has 20 heavy (non-hydrogen) atoms. The van der Waals surface area contributed by atoms with Crippen molar-refractivity contribution in [2.45, 2.75) is 46.2 Å². The molecule has 5 heteroatoms. The molecule has 1 aliphatic heterocycles. The standard InChI is InChI=1S/C15H28N4O/c1-12-13(11-16-15(2,3)4)14(18(5)17-12)19-7-6-9-20-10-8-19/h16H,6-11H2,1-5H3. The first-order valence-electron chi connectivity index (χ1n) is 7.48. The maximum Gasteiger partial charge on any atom is 0.131 e.